The lowest BCUT2D eigenvalue weighted by molar-refractivity contribution is -0.146. The largest absolute Gasteiger partial charge is 0.481 e. The van der Waals surface area contributed by atoms with Crippen LogP contribution < -0.4 is 19.7 Å². The van der Waals surface area contributed by atoms with Gasteiger partial charge in [0.25, 0.3) is 0 Å². The molecule has 1 aliphatic rings. The van der Waals surface area contributed by atoms with Crippen LogP contribution in [-0.4, -0.2) is 43.9 Å². The van der Waals surface area contributed by atoms with Gasteiger partial charge in [0, 0.05) is 17.7 Å². The summed E-state index contributed by atoms with van der Waals surface area (Å²) in [6.07, 6.45) is 1.86. The van der Waals surface area contributed by atoms with Crippen molar-refractivity contribution in [2.45, 2.75) is 57.9 Å². The average molecular weight is 510 g/mol. The number of rotatable bonds is 8. The molecule has 8 nitrogen and oxygen atoms in total. The quantitative estimate of drug-likeness (QED) is 0.462. The molecule has 1 aromatic heterocycles. The van der Waals surface area contributed by atoms with E-state index in [2.05, 4.69) is 15.0 Å². The number of carbonyl (C=O) groups is 2. The molecule has 0 aliphatic heterocycles. The van der Waals surface area contributed by atoms with Crippen molar-refractivity contribution in [3.63, 3.8) is 0 Å². The first-order chi connectivity index (χ1) is 17.0. The van der Waals surface area contributed by atoms with Crippen LogP contribution in [0.15, 0.2) is 36.4 Å². The summed E-state index contributed by atoms with van der Waals surface area (Å²) in [5, 5.41) is 2.58. The zero-order valence-electron chi connectivity index (χ0n) is 20.6. The van der Waals surface area contributed by atoms with Crippen molar-refractivity contribution < 1.29 is 37.0 Å². The molecule has 1 saturated carbocycles. The van der Waals surface area contributed by atoms with E-state index in [1.165, 1.54) is 45.1 Å². The maximum atomic E-state index is 15.2. The van der Waals surface area contributed by atoms with Crippen LogP contribution >= 0.6 is 0 Å². The number of hydrogen-bond acceptors (Lipinski definition) is 6. The lowest BCUT2D eigenvalue weighted by atomic mass is 9.84. The highest BCUT2D eigenvalue weighted by atomic mass is 19.3. The van der Waals surface area contributed by atoms with Crippen LogP contribution in [0.5, 0.6) is 11.8 Å². The fourth-order valence-corrected chi connectivity index (χ4v) is 4.38. The van der Waals surface area contributed by atoms with E-state index in [-0.39, 0.29) is 35.1 Å². The van der Waals surface area contributed by atoms with E-state index in [0.717, 1.165) is 0 Å². The average Bonchev–Trinajstić information content (AvgIpc) is 2.84. The molecular weight excluding hydrogens is 479 g/mol. The standard InChI is InChI=1S/C25H30F3N3O5/c1-25(2,28)17-7-5-6-8-19(17)31(16-11-9-15(10-12-16)22(32)35-4)24(33)29-18-13-14-20(34-3)30-21(18)36-23(26)27/h5-8,13-16,23H,9-12H2,1-4H3,(H,29,33). The molecule has 0 atom stereocenters. The molecule has 0 saturated heterocycles. The number of halogens is 3. The zero-order chi connectivity index (χ0) is 26.5. The monoisotopic (exact) mass is 509 g/mol. The SMILES string of the molecule is COC(=O)C1CCC(N(C(=O)Nc2ccc(OC)nc2OC(F)F)c2ccccc2C(C)(C)F)CC1. The number of para-hydroxylation sites is 1. The van der Waals surface area contributed by atoms with Gasteiger partial charge >= 0.3 is 18.6 Å². The summed E-state index contributed by atoms with van der Waals surface area (Å²) in [5.41, 5.74) is -1.26. The van der Waals surface area contributed by atoms with Crippen LogP contribution in [0, 0.1) is 5.92 Å². The van der Waals surface area contributed by atoms with Gasteiger partial charge in [0.15, 0.2) is 0 Å². The van der Waals surface area contributed by atoms with Crippen LogP contribution in [0.1, 0.15) is 45.1 Å². The first-order valence-electron chi connectivity index (χ1n) is 11.5. The van der Waals surface area contributed by atoms with Gasteiger partial charge in [-0.25, -0.2) is 9.18 Å². The molecule has 2 aromatic rings. The molecule has 0 spiro atoms. The number of benzene rings is 1. The molecule has 2 amide bonds. The molecule has 0 radical (unpaired) electrons. The Balaban J connectivity index is 1.98. The van der Waals surface area contributed by atoms with Crippen molar-refractivity contribution in [2.75, 3.05) is 24.4 Å². The summed E-state index contributed by atoms with van der Waals surface area (Å²) < 4.78 is 55.4. The van der Waals surface area contributed by atoms with E-state index in [1.54, 1.807) is 24.3 Å². The number of hydrogen-bond donors (Lipinski definition) is 1. The number of nitrogens with zero attached hydrogens (tertiary/aromatic N) is 2. The maximum absolute atomic E-state index is 15.2. The highest BCUT2D eigenvalue weighted by Crippen LogP contribution is 2.38. The van der Waals surface area contributed by atoms with Crippen LogP contribution in [0.25, 0.3) is 0 Å². The Labute approximate surface area is 207 Å². The lowest BCUT2D eigenvalue weighted by Gasteiger charge is -2.38. The van der Waals surface area contributed by atoms with E-state index in [0.29, 0.717) is 31.4 Å². The number of aromatic nitrogens is 1. The minimum absolute atomic E-state index is 0.0196. The van der Waals surface area contributed by atoms with Crippen molar-refractivity contribution in [3.05, 3.63) is 42.0 Å². The Morgan fingerprint density at radius 2 is 1.75 bits per heavy atom. The number of carbonyl (C=O) groups excluding carboxylic acids is 2. The van der Waals surface area contributed by atoms with E-state index in [9.17, 15) is 18.4 Å². The summed E-state index contributed by atoms with van der Waals surface area (Å²) >= 11 is 0. The minimum Gasteiger partial charge on any atom is -0.481 e. The van der Waals surface area contributed by atoms with Gasteiger partial charge in [-0.05, 0) is 51.7 Å². The predicted octanol–water partition coefficient (Wildman–Crippen LogP) is 5.67. The van der Waals surface area contributed by atoms with Crippen LogP contribution in [-0.2, 0) is 15.2 Å². The Bertz CT molecular complexity index is 1070. The predicted molar refractivity (Wildman–Crippen MR) is 127 cm³/mol. The molecule has 196 valence electrons. The number of urea groups is 1. The molecule has 3 rings (SSSR count). The third-order valence-electron chi connectivity index (χ3n) is 6.11. The van der Waals surface area contributed by atoms with Crippen molar-refractivity contribution in [3.8, 4) is 11.8 Å². The third-order valence-corrected chi connectivity index (χ3v) is 6.11. The second-order valence-corrected chi connectivity index (χ2v) is 8.90. The zero-order valence-corrected chi connectivity index (χ0v) is 20.6. The number of pyridine rings is 1. The van der Waals surface area contributed by atoms with Gasteiger partial charge in [-0.3, -0.25) is 9.69 Å². The highest BCUT2D eigenvalue weighted by molar-refractivity contribution is 6.03. The van der Waals surface area contributed by atoms with E-state index >= 15 is 4.39 Å². The molecule has 1 heterocycles. The molecule has 1 N–H and O–H groups in total. The third kappa shape index (κ3) is 6.38. The summed E-state index contributed by atoms with van der Waals surface area (Å²) in [7, 11) is 2.64. The first kappa shape index (κ1) is 27.1. The fourth-order valence-electron chi connectivity index (χ4n) is 4.38. The van der Waals surface area contributed by atoms with Crippen LogP contribution in [0.3, 0.4) is 0 Å². The number of esters is 1. The first-order valence-corrected chi connectivity index (χ1v) is 11.5. The summed E-state index contributed by atoms with van der Waals surface area (Å²) in [6, 6.07) is 8.23. The number of nitrogens with one attached hydrogen (secondary N) is 1. The van der Waals surface area contributed by atoms with Crippen molar-refractivity contribution in [2.24, 2.45) is 5.92 Å². The Morgan fingerprint density at radius 3 is 2.33 bits per heavy atom. The Kier molecular flexibility index (Phi) is 8.65. The van der Waals surface area contributed by atoms with Gasteiger partial charge in [0.1, 0.15) is 11.4 Å². The smallest absolute Gasteiger partial charge is 0.388 e. The van der Waals surface area contributed by atoms with E-state index in [4.69, 9.17) is 9.47 Å². The minimum atomic E-state index is -3.18. The summed E-state index contributed by atoms with van der Waals surface area (Å²) in [6.45, 7) is -0.408. The number of alkyl halides is 3. The van der Waals surface area contributed by atoms with Gasteiger partial charge in [0.2, 0.25) is 11.8 Å². The second-order valence-electron chi connectivity index (χ2n) is 8.90. The van der Waals surface area contributed by atoms with Crippen LogP contribution in [0.2, 0.25) is 0 Å². The fraction of sp³-hybridized carbons (Fsp3) is 0.480. The molecule has 0 bridgehead atoms. The van der Waals surface area contributed by atoms with Crippen molar-refractivity contribution in [1.29, 1.82) is 0 Å². The maximum Gasteiger partial charge on any atom is 0.388 e. The number of methoxy groups -OCH3 is 2. The van der Waals surface area contributed by atoms with Gasteiger partial charge in [-0.2, -0.15) is 13.8 Å². The summed E-state index contributed by atoms with van der Waals surface area (Å²) in [5.74, 6) is -1.11. The topological polar surface area (TPSA) is 90.0 Å². The van der Waals surface area contributed by atoms with Gasteiger partial charge in [-0.15, -0.1) is 0 Å². The second kappa shape index (κ2) is 11.5. The number of amides is 2. The number of ether oxygens (including phenoxy) is 3. The molecular formula is C25H30F3N3O5. The molecule has 1 fully saturated rings. The summed E-state index contributed by atoms with van der Waals surface area (Å²) in [4.78, 5) is 30.9. The normalized spacial score (nSPS) is 17.9. The van der Waals surface area contributed by atoms with Gasteiger partial charge < -0.3 is 19.5 Å². The van der Waals surface area contributed by atoms with Gasteiger partial charge in [0.05, 0.1) is 25.8 Å². The lowest BCUT2D eigenvalue weighted by Crippen LogP contribution is -2.46. The van der Waals surface area contributed by atoms with Crippen molar-refractivity contribution >= 4 is 23.4 Å². The molecule has 1 aromatic carbocycles. The number of anilines is 2. The molecule has 0 unspecified atom stereocenters. The van der Waals surface area contributed by atoms with E-state index < -0.39 is 24.2 Å². The molecule has 11 heteroatoms. The van der Waals surface area contributed by atoms with E-state index in [1.807, 2.05) is 0 Å². The Morgan fingerprint density at radius 1 is 1.08 bits per heavy atom. The Hall–Kier alpha value is -3.50. The van der Waals surface area contributed by atoms with Gasteiger partial charge in [-0.1, -0.05) is 18.2 Å². The molecule has 1 aliphatic carbocycles. The highest BCUT2D eigenvalue weighted by Gasteiger charge is 2.36. The molecule has 36 heavy (non-hydrogen) atoms. The van der Waals surface area contributed by atoms with Crippen molar-refractivity contribution in [1.82, 2.24) is 4.98 Å². The van der Waals surface area contributed by atoms with Crippen LogP contribution in [0.4, 0.5) is 29.3 Å².